The molecule has 7 nitrogen and oxygen atoms in total. The first-order chi connectivity index (χ1) is 9.95. The van der Waals surface area contributed by atoms with E-state index in [1.165, 1.54) is 23.1 Å². The molecule has 1 aromatic carbocycles. The zero-order valence-corrected chi connectivity index (χ0v) is 12.0. The number of non-ortho nitro benzene ring substituents is 1. The summed E-state index contributed by atoms with van der Waals surface area (Å²) in [5, 5.41) is 13.5. The zero-order valence-electron chi connectivity index (χ0n) is 12.0. The molecule has 1 unspecified atom stereocenters. The molecule has 0 aromatic heterocycles. The number of nitro groups is 1. The van der Waals surface area contributed by atoms with Crippen molar-refractivity contribution >= 4 is 17.5 Å². The lowest BCUT2D eigenvalue weighted by Crippen LogP contribution is -2.57. The highest BCUT2D eigenvalue weighted by molar-refractivity contribution is 5.99. The van der Waals surface area contributed by atoms with Crippen molar-refractivity contribution in [3.8, 4) is 0 Å². The average molecular weight is 291 g/mol. The van der Waals surface area contributed by atoms with E-state index in [0.29, 0.717) is 30.6 Å². The fourth-order valence-electron chi connectivity index (χ4n) is 2.52. The maximum absolute atomic E-state index is 12.6. The van der Waals surface area contributed by atoms with E-state index < -0.39 is 11.0 Å². The molecule has 0 saturated carbocycles. The Kier molecular flexibility index (Phi) is 4.21. The SMILES string of the molecule is CCC1C(=O)NCCN1C(=O)c1ccc([N+](=O)[O-])cc1C. The van der Waals surface area contributed by atoms with Gasteiger partial charge >= 0.3 is 0 Å². The van der Waals surface area contributed by atoms with Gasteiger partial charge in [0.15, 0.2) is 0 Å². The molecule has 0 aliphatic carbocycles. The van der Waals surface area contributed by atoms with Gasteiger partial charge in [-0.3, -0.25) is 19.7 Å². The number of hydrogen-bond acceptors (Lipinski definition) is 4. The van der Waals surface area contributed by atoms with E-state index in [2.05, 4.69) is 5.32 Å². The molecule has 112 valence electrons. The highest BCUT2D eigenvalue weighted by atomic mass is 16.6. The quantitative estimate of drug-likeness (QED) is 0.670. The second kappa shape index (κ2) is 5.90. The number of hydrogen-bond donors (Lipinski definition) is 1. The van der Waals surface area contributed by atoms with Crippen molar-refractivity contribution in [2.24, 2.45) is 0 Å². The number of rotatable bonds is 3. The zero-order chi connectivity index (χ0) is 15.6. The number of nitro benzene ring substituents is 1. The molecule has 21 heavy (non-hydrogen) atoms. The number of carbonyl (C=O) groups excluding carboxylic acids is 2. The number of nitrogens with zero attached hydrogens (tertiary/aromatic N) is 2. The van der Waals surface area contributed by atoms with Crippen LogP contribution < -0.4 is 5.32 Å². The third kappa shape index (κ3) is 2.86. The van der Waals surface area contributed by atoms with E-state index >= 15 is 0 Å². The van der Waals surface area contributed by atoms with Crippen LogP contribution in [-0.2, 0) is 4.79 Å². The third-order valence-corrected chi connectivity index (χ3v) is 3.63. The van der Waals surface area contributed by atoms with Gasteiger partial charge in [-0.05, 0) is 25.0 Å². The summed E-state index contributed by atoms with van der Waals surface area (Å²) < 4.78 is 0. The minimum atomic E-state index is -0.496. The summed E-state index contributed by atoms with van der Waals surface area (Å²) in [4.78, 5) is 36.2. The summed E-state index contributed by atoms with van der Waals surface area (Å²) in [7, 11) is 0. The fraction of sp³-hybridized carbons (Fsp3) is 0.429. The van der Waals surface area contributed by atoms with Crippen LogP contribution in [0.3, 0.4) is 0 Å². The molecular weight excluding hydrogens is 274 g/mol. The van der Waals surface area contributed by atoms with Crippen LogP contribution in [0.4, 0.5) is 5.69 Å². The van der Waals surface area contributed by atoms with Gasteiger partial charge < -0.3 is 10.2 Å². The standard InChI is InChI=1S/C14H17N3O4/c1-3-12-13(18)15-6-7-16(12)14(19)11-5-4-10(17(20)21)8-9(11)2/h4-5,8,12H,3,6-7H2,1-2H3,(H,15,18). The first-order valence-electron chi connectivity index (χ1n) is 6.79. The predicted octanol–water partition coefficient (Wildman–Crippen LogP) is 1.25. The van der Waals surface area contributed by atoms with Crippen molar-refractivity contribution in [1.82, 2.24) is 10.2 Å². The van der Waals surface area contributed by atoms with Crippen molar-refractivity contribution in [1.29, 1.82) is 0 Å². The Morgan fingerprint density at radius 3 is 2.81 bits per heavy atom. The van der Waals surface area contributed by atoms with Crippen LogP contribution in [0.15, 0.2) is 18.2 Å². The molecule has 1 aromatic rings. The molecule has 1 heterocycles. The summed E-state index contributed by atoms with van der Waals surface area (Å²) in [6.45, 7) is 4.37. The maximum Gasteiger partial charge on any atom is 0.269 e. The van der Waals surface area contributed by atoms with Crippen LogP contribution >= 0.6 is 0 Å². The van der Waals surface area contributed by atoms with Crippen LogP contribution in [-0.4, -0.2) is 40.8 Å². The molecule has 0 spiro atoms. The largest absolute Gasteiger partial charge is 0.353 e. The molecule has 1 atom stereocenters. The minimum absolute atomic E-state index is 0.0486. The summed E-state index contributed by atoms with van der Waals surface area (Å²) in [6.07, 6.45) is 0.531. The van der Waals surface area contributed by atoms with E-state index in [-0.39, 0.29) is 17.5 Å². The van der Waals surface area contributed by atoms with Crippen molar-refractivity contribution in [2.75, 3.05) is 13.1 Å². The van der Waals surface area contributed by atoms with Gasteiger partial charge in [-0.2, -0.15) is 0 Å². The number of benzene rings is 1. The highest BCUT2D eigenvalue weighted by Crippen LogP contribution is 2.20. The number of piperazine rings is 1. The molecule has 2 amide bonds. The number of aryl methyl sites for hydroxylation is 1. The van der Waals surface area contributed by atoms with Gasteiger partial charge in [-0.1, -0.05) is 6.92 Å². The van der Waals surface area contributed by atoms with Crippen LogP contribution in [0.1, 0.15) is 29.3 Å². The second-order valence-corrected chi connectivity index (χ2v) is 4.97. The number of nitrogens with one attached hydrogen (secondary N) is 1. The first kappa shape index (κ1) is 15.0. The van der Waals surface area contributed by atoms with Gasteiger partial charge in [0.1, 0.15) is 6.04 Å². The predicted molar refractivity (Wildman–Crippen MR) is 76.0 cm³/mol. The van der Waals surface area contributed by atoms with E-state index in [4.69, 9.17) is 0 Å². The van der Waals surface area contributed by atoms with Crippen molar-refractivity contribution < 1.29 is 14.5 Å². The minimum Gasteiger partial charge on any atom is -0.353 e. The van der Waals surface area contributed by atoms with Gasteiger partial charge in [0.05, 0.1) is 4.92 Å². The molecule has 7 heteroatoms. The summed E-state index contributed by atoms with van der Waals surface area (Å²) in [6, 6.07) is 3.65. The van der Waals surface area contributed by atoms with Crippen LogP contribution in [0.25, 0.3) is 0 Å². The molecule has 2 rings (SSSR count). The van der Waals surface area contributed by atoms with Gasteiger partial charge in [0, 0.05) is 30.8 Å². The van der Waals surface area contributed by atoms with Crippen molar-refractivity contribution in [3.63, 3.8) is 0 Å². The summed E-state index contributed by atoms with van der Waals surface area (Å²) in [5.74, 6) is -0.416. The Morgan fingerprint density at radius 2 is 2.24 bits per heavy atom. The van der Waals surface area contributed by atoms with Crippen LogP contribution in [0.2, 0.25) is 0 Å². The molecule has 1 fully saturated rings. The van der Waals surface area contributed by atoms with Crippen LogP contribution in [0.5, 0.6) is 0 Å². The molecule has 1 aliphatic heterocycles. The molecular formula is C14H17N3O4. The van der Waals surface area contributed by atoms with E-state index in [9.17, 15) is 19.7 Å². The lowest BCUT2D eigenvalue weighted by molar-refractivity contribution is -0.384. The molecule has 1 aliphatic rings. The third-order valence-electron chi connectivity index (χ3n) is 3.63. The van der Waals surface area contributed by atoms with Gasteiger partial charge in [-0.25, -0.2) is 0 Å². The topological polar surface area (TPSA) is 92.6 Å². The Bertz CT molecular complexity index is 600. The second-order valence-electron chi connectivity index (χ2n) is 4.97. The van der Waals surface area contributed by atoms with Crippen molar-refractivity contribution in [3.05, 3.63) is 39.4 Å². The highest BCUT2D eigenvalue weighted by Gasteiger charge is 2.32. The van der Waals surface area contributed by atoms with E-state index in [1.807, 2.05) is 6.92 Å². The fourth-order valence-corrected chi connectivity index (χ4v) is 2.52. The van der Waals surface area contributed by atoms with E-state index in [0.717, 1.165) is 0 Å². The average Bonchev–Trinajstić information content (AvgIpc) is 2.46. The normalized spacial score (nSPS) is 18.3. The van der Waals surface area contributed by atoms with Gasteiger partial charge in [0.25, 0.3) is 11.6 Å². The summed E-state index contributed by atoms with van der Waals surface area (Å²) in [5.41, 5.74) is 0.885. The summed E-state index contributed by atoms with van der Waals surface area (Å²) >= 11 is 0. The van der Waals surface area contributed by atoms with Gasteiger partial charge in [0.2, 0.25) is 5.91 Å². The lowest BCUT2D eigenvalue weighted by atomic mass is 10.0. The smallest absolute Gasteiger partial charge is 0.269 e. The number of amides is 2. The monoisotopic (exact) mass is 291 g/mol. The Balaban J connectivity index is 2.31. The molecule has 0 bridgehead atoms. The maximum atomic E-state index is 12.6. The Labute approximate surface area is 122 Å². The molecule has 1 N–H and O–H groups in total. The Hall–Kier alpha value is -2.44. The van der Waals surface area contributed by atoms with Crippen molar-refractivity contribution in [2.45, 2.75) is 26.3 Å². The molecule has 0 radical (unpaired) electrons. The van der Waals surface area contributed by atoms with Crippen LogP contribution in [0, 0.1) is 17.0 Å². The van der Waals surface area contributed by atoms with Gasteiger partial charge in [-0.15, -0.1) is 0 Å². The number of carbonyl (C=O) groups is 2. The molecule has 1 saturated heterocycles. The lowest BCUT2D eigenvalue weighted by Gasteiger charge is -2.34. The van der Waals surface area contributed by atoms with E-state index in [1.54, 1.807) is 6.92 Å². The Morgan fingerprint density at radius 1 is 1.52 bits per heavy atom. The first-order valence-corrected chi connectivity index (χ1v) is 6.79.